The summed E-state index contributed by atoms with van der Waals surface area (Å²) in [5.74, 6) is -0.462. The number of benzene rings is 2. The van der Waals surface area contributed by atoms with Crippen LogP contribution in [0.1, 0.15) is 12.0 Å². The van der Waals surface area contributed by atoms with Gasteiger partial charge in [-0.25, -0.2) is 4.39 Å². The fourth-order valence-corrected chi connectivity index (χ4v) is 2.12. The van der Waals surface area contributed by atoms with Crippen molar-refractivity contribution in [2.24, 2.45) is 0 Å². The van der Waals surface area contributed by atoms with Crippen LogP contribution in [0.25, 0.3) is 0 Å². The highest BCUT2D eigenvalue weighted by atomic mass is 35.5. The molecule has 0 bridgehead atoms. The number of amides is 1. The number of aryl methyl sites for hydroxylation is 1. The number of rotatable bonds is 5. The van der Waals surface area contributed by atoms with E-state index < -0.39 is 0 Å². The van der Waals surface area contributed by atoms with Crippen molar-refractivity contribution in [3.63, 3.8) is 0 Å². The summed E-state index contributed by atoms with van der Waals surface area (Å²) in [7, 11) is 0. The maximum Gasteiger partial charge on any atom is 0.226 e. The number of halogens is 2. The third-order valence-electron chi connectivity index (χ3n) is 3.00. The van der Waals surface area contributed by atoms with Crippen LogP contribution in [0.2, 0.25) is 5.02 Å². The number of hydrogen-bond donors (Lipinski definition) is 2. The van der Waals surface area contributed by atoms with Gasteiger partial charge in [-0.15, -0.1) is 0 Å². The van der Waals surface area contributed by atoms with Crippen LogP contribution in [0.4, 0.5) is 15.8 Å². The summed E-state index contributed by atoms with van der Waals surface area (Å²) in [6, 6.07) is 11.6. The van der Waals surface area contributed by atoms with Crippen LogP contribution in [-0.4, -0.2) is 12.5 Å². The van der Waals surface area contributed by atoms with E-state index in [1.807, 2.05) is 6.92 Å². The molecule has 0 fully saturated rings. The first-order valence-electron chi connectivity index (χ1n) is 6.60. The molecule has 0 unspecified atom stereocenters. The van der Waals surface area contributed by atoms with Gasteiger partial charge in [-0.2, -0.15) is 0 Å². The van der Waals surface area contributed by atoms with E-state index in [0.29, 0.717) is 17.3 Å². The van der Waals surface area contributed by atoms with Gasteiger partial charge in [0.25, 0.3) is 0 Å². The quantitative estimate of drug-likeness (QED) is 0.868. The van der Waals surface area contributed by atoms with Crippen LogP contribution in [-0.2, 0) is 4.79 Å². The summed E-state index contributed by atoms with van der Waals surface area (Å²) in [4.78, 5) is 11.8. The SMILES string of the molecule is Cc1cc(Cl)ccc1NC(=O)CCNc1ccccc1F. The minimum atomic E-state index is -0.327. The molecule has 0 aromatic heterocycles. The largest absolute Gasteiger partial charge is 0.382 e. The Morgan fingerprint density at radius 3 is 2.67 bits per heavy atom. The number of carbonyl (C=O) groups excluding carboxylic acids is 1. The van der Waals surface area contributed by atoms with E-state index >= 15 is 0 Å². The first-order chi connectivity index (χ1) is 10.1. The number of hydrogen-bond acceptors (Lipinski definition) is 2. The average molecular weight is 307 g/mol. The number of nitrogens with one attached hydrogen (secondary N) is 2. The number of anilines is 2. The maximum atomic E-state index is 13.4. The van der Waals surface area contributed by atoms with Crippen LogP contribution in [0.3, 0.4) is 0 Å². The van der Waals surface area contributed by atoms with Gasteiger partial charge < -0.3 is 10.6 Å². The normalized spacial score (nSPS) is 10.2. The average Bonchev–Trinajstić information content (AvgIpc) is 2.44. The Labute approximate surface area is 128 Å². The van der Waals surface area contributed by atoms with Crippen LogP contribution < -0.4 is 10.6 Å². The molecule has 0 saturated carbocycles. The van der Waals surface area contributed by atoms with Crippen molar-refractivity contribution in [3.05, 3.63) is 58.9 Å². The summed E-state index contributed by atoms with van der Waals surface area (Å²) in [5, 5.41) is 6.33. The molecule has 0 aliphatic heterocycles. The first kappa shape index (κ1) is 15.3. The molecular formula is C16H16ClFN2O. The van der Waals surface area contributed by atoms with Crippen LogP contribution >= 0.6 is 11.6 Å². The highest BCUT2D eigenvalue weighted by molar-refractivity contribution is 6.30. The first-order valence-corrected chi connectivity index (χ1v) is 6.98. The van der Waals surface area contributed by atoms with Crippen molar-refractivity contribution < 1.29 is 9.18 Å². The van der Waals surface area contributed by atoms with Crippen molar-refractivity contribution in [3.8, 4) is 0 Å². The lowest BCUT2D eigenvalue weighted by atomic mass is 10.2. The molecular weight excluding hydrogens is 291 g/mol. The topological polar surface area (TPSA) is 41.1 Å². The molecule has 110 valence electrons. The second-order valence-electron chi connectivity index (χ2n) is 4.66. The molecule has 0 aliphatic carbocycles. The smallest absolute Gasteiger partial charge is 0.226 e. The lowest BCUT2D eigenvalue weighted by Gasteiger charge is -2.10. The lowest BCUT2D eigenvalue weighted by molar-refractivity contribution is -0.115. The fourth-order valence-electron chi connectivity index (χ4n) is 1.90. The lowest BCUT2D eigenvalue weighted by Crippen LogP contribution is -2.17. The van der Waals surface area contributed by atoms with Crippen molar-refractivity contribution in [1.82, 2.24) is 0 Å². The van der Waals surface area contributed by atoms with E-state index in [9.17, 15) is 9.18 Å². The predicted molar refractivity (Wildman–Crippen MR) is 84.3 cm³/mol. The zero-order chi connectivity index (χ0) is 15.2. The standard InChI is InChI=1S/C16H16ClFN2O/c1-11-10-12(17)6-7-14(11)20-16(21)8-9-19-15-5-3-2-4-13(15)18/h2-7,10,19H,8-9H2,1H3,(H,20,21). The third-order valence-corrected chi connectivity index (χ3v) is 3.24. The second-order valence-corrected chi connectivity index (χ2v) is 5.10. The fraction of sp³-hybridized carbons (Fsp3) is 0.188. The van der Waals surface area contributed by atoms with Gasteiger partial charge in [-0.1, -0.05) is 23.7 Å². The molecule has 1 amide bonds. The molecule has 0 heterocycles. The van der Waals surface area contributed by atoms with Crippen molar-refractivity contribution in [1.29, 1.82) is 0 Å². The van der Waals surface area contributed by atoms with Crippen molar-refractivity contribution >= 4 is 28.9 Å². The molecule has 0 saturated heterocycles. The van der Waals surface area contributed by atoms with Gasteiger partial charge in [0.05, 0.1) is 5.69 Å². The highest BCUT2D eigenvalue weighted by Crippen LogP contribution is 2.19. The van der Waals surface area contributed by atoms with Crippen LogP contribution in [0.15, 0.2) is 42.5 Å². The number of carbonyl (C=O) groups is 1. The molecule has 2 aromatic rings. The molecule has 0 atom stereocenters. The Bertz CT molecular complexity index is 646. The second kappa shape index (κ2) is 7.09. The molecule has 5 heteroatoms. The zero-order valence-electron chi connectivity index (χ0n) is 11.6. The van der Waals surface area contributed by atoms with E-state index in [2.05, 4.69) is 10.6 Å². The van der Waals surface area contributed by atoms with Gasteiger partial charge in [-0.05, 0) is 42.8 Å². The van der Waals surface area contributed by atoms with Crippen molar-refractivity contribution in [2.75, 3.05) is 17.2 Å². The van der Waals surface area contributed by atoms with Crippen molar-refractivity contribution in [2.45, 2.75) is 13.3 Å². The monoisotopic (exact) mass is 306 g/mol. The Hall–Kier alpha value is -2.07. The van der Waals surface area contributed by atoms with E-state index in [-0.39, 0.29) is 18.1 Å². The minimum absolute atomic E-state index is 0.135. The van der Waals surface area contributed by atoms with Gasteiger partial charge in [0.2, 0.25) is 5.91 Å². The van der Waals surface area contributed by atoms with E-state index in [1.54, 1.807) is 36.4 Å². The Morgan fingerprint density at radius 2 is 1.95 bits per heavy atom. The molecule has 2 aromatic carbocycles. The van der Waals surface area contributed by atoms with Gasteiger partial charge in [0.15, 0.2) is 0 Å². The summed E-state index contributed by atoms with van der Waals surface area (Å²) >= 11 is 5.86. The summed E-state index contributed by atoms with van der Waals surface area (Å²) in [6.07, 6.45) is 0.246. The third kappa shape index (κ3) is 4.46. The molecule has 0 radical (unpaired) electrons. The Balaban J connectivity index is 1.84. The maximum absolute atomic E-state index is 13.4. The Kier molecular flexibility index (Phi) is 5.17. The summed E-state index contributed by atoms with van der Waals surface area (Å²) in [6.45, 7) is 2.23. The van der Waals surface area contributed by atoms with Gasteiger partial charge in [-0.3, -0.25) is 4.79 Å². The van der Waals surface area contributed by atoms with Crippen LogP contribution in [0, 0.1) is 12.7 Å². The van der Waals surface area contributed by atoms with E-state index in [4.69, 9.17) is 11.6 Å². The molecule has 0 aliphatic rings. The molecule has 0 spiro atoms. The van der Waals surface area contributed by atoms with E-state index in [1.165, 1.54) is 6.07 Å². The molecule has 2 N–H and O–H groups in total. The van der Waals surface area contributed by atoms with E-state index in [0.717, 1.165) is 11.3 Å². The van der Waals surface area contributed by atoms with Gasteiger partial charge >= 0.3 is 0 Å². The number of para-hydroxylation sites is 1. The summed E-state index contributed by atoms with van der Waals surface area (Å²) < 4.78 is 13.4. The van der Waals surface area contributed by atoms with Gasteiger partial charge in [0, 0.05) is 23.7 Å². The molecule has 3 nitrogen and oxygen atoms in total. The molecule has 2 rings (SSSR count). The van der Waals surface area contributed by atoms with Crippen LogP contribution in [0.5, 0.6) is 0 Å². The summed E-state index contributed by atoms with van der Waals surface area (Å²) in [5.41, 5.74) is 2.03. The Morgan fingerprint density at radius 1 is 1.19 bits per heavy atom. The minimum Gasteiger partial charge on any atom is -0.382 e. The predicted octanol–water partition coefficient (Wildman–Crippen LogP) is 4.23. The molecule has 21 heavy (non-hydrogen) atoms. The van der Waals surface area contributed by atoms with Gasteiger partial charge in [0.1, 0.15) is 5.82 Å². The highest BCUT2D eigenvalue weighted by Gasteiger charge is 2.06. The zero-order valence-corrected chi connectivity index (χ0v) is 12.4.